The fraction of sp³-hybridized carbons (Fsp3) is 0.174. The third-order valence-corrected chi connectivity index (χ3v) is 5.63. The number of rotatable bonds is 9. The lowest BCUT2D eigenvalue weighted by atomic mass is 10.1. The minimum absolute atomic E-state index is 0.116. The molecule has 0 aliphatic rings. The summed E-state index contributed by atoms with van der Waals surface area (Å²) in [4.78, 5) is 11.3. The first-order chi connectivity index (χ1) is 15.3. The number of carbonyl (C=O) groups is 1. The monoisotopic (exact) mass is 495 g/mol. The molecule has 0 amide bonds. The van der Waals surface area contributed by atoms with Gasteiger partial charge in [-0.3, -0.25) is 0 Å². The Balaban J connectivity index is 1.80. The van der Waals surface area contributed by atoms with E-state index in [0.717, 1.165) is 5.56 Å². The van der Waals surface area contributed by atoms with Crippen molar-refractivity contribution in [2.45, 2.75) is 13.2 Å². The highest BCUT2D eigenvalue weighted by molar-refractivity contribution is 6.36. The summed E-state index contributed by atoms with van der Waals surface area (Å²) in [5, 5.41) is 13.7. The number of carboxylic acids is 1. The molecule has 0 aromatic heterocycles. The van der Waals surface area contributed by atoms with E-state index in [1.807, 2.05) is 0 Å². The maximum absolute atomic E-state index is 11.3. The maximum atomic E-state index is 11.3. The van der Waals surface area contributed by atoms with Crippen LogP contribution < -0.4 is 19.5 Å². The molecule has 3 aromatic rings. The van der Waals surface area contributed by atoms with Gasteiger partial charge in [-0.1, -0.05) is 40.9 Å². The molecular formula is C23H20Cl3NO5. The number of carboxylic acid groups (broad SMARTS) is 1. The molecule has 168 valence electrons. The fourth-order valence-electron chi connectivity index (χ4n) is 3.01. The van der Waals surface area contributed by atoms with Gasteiger partial charge in [-0.15, -0.1) is 0 Å². The summed E-state index contributed by atoms with van der Waals surface area (Å²) in [6, 6.07) is 13.3. The molecule has 0 atom stereocenters. The average Bonchev–Trinajstić information content (AvgIpc) is 2.77. The van der Waals surface area contributed by atoms with Crippen molar-refractivity contribution in [1.29, 1.82) is 0 Å². The molecule has 2 N–H and O–H groups in total. The minimum Gasteiger partial charge on any atom is -0.495 e. The van der Waals surface area contributed by atoms with Crippen LogP contribution in [0.1, 0.15) is 21.5 Å². The van der Waals surface area contributed by atoms with Gasteiger partial charge in [0, 0.05) is 22.2 Å². The van der Waals surface area contributed by atoms with E-state index in [4.69, 9.17) is 49.0 Å². The van der Waals surface area contributed by atoms with Gasteiger partial charge in [0.05, 0.1) is 30.5 Å². The predicted octanol–water partition coefficient (Wildman–Crippen LogP) is 6.55. The third-order valence-electron chi connectivity index (χ3n) is 4.64. The summed E-state index contributed by atoms with van der Waals surface area (Å²) in [5.74, 6) is 0.285. The van der Waals surface area contributed by atoms with Crippen molar-refractivity contribution < 1.29 is 24.1 Å². The molecule has 0 aliphatic heterocycles. The quantitative estimate of drug-likeness (QED) is 0.350. The summed E-state index contributed by atoms with van der Waals surface area (Å²) >= 11 is 18.9. The standard InChI is InChI=1S/C23H20Cl3NO5/c1-30-20-7-6-14(23(28)29)10-19(20)27-11-13-8-18(26)22(21(9-13)31-2)32-12-15-16(24)4-3-5-17(15)25/h3-10,27H,11-12H2,1-2H3,(H,28,29). The molecule has 0 spiro atoms. The molecule has 0 aliphatic carbocycles. The summed E-state index contributed by atoms with van der Waals surface area (Å²) in [6.45, 7) is 0.456. The number of nitrogens with one attached hydrogen (secondary N) is 1. The van der Waals surface area contributed by atoms with Gasteiger partial charge in [-0.2, -0.15) is 0 Å². The highest BCUT2D eigenvalue weighted by Gasteiger charge is 2.15. The number of ether oxygens (including phenoxy) is 3. The molecule has 0 bridgehead atoms. The van der Waals surface area contributed by atoms with Gasteiger partial charge in [0.25, 0.3) is 0 Å². The Kier molecular flexibility index (Phi) is 7.96. The predicted molar refractivity (Wildman–Crippen MR) is 126 cm³/mol. The molecule has 9 heteroatoms. The molecule has 32 heavy (non-hydrogen) atoms. The molecule has 0 saturated heterocycles. The smallest absolute Gasteiger partial charge is 0.335 e. The molecule has 6 nitrogen and oxygen atoms in total. The molecule has 0 heterocycles. The van der Waals surface area contributed by atoms with E-state index < -0.39 is 5.97 Å². The zero-order valence-electron chi connectivity index (χ0n) is 17.2. The zero-order chi connectivity index (χ0) is 23.3. The first kappa shape index (κ1) is 23.9. The molecule has 0 saturated carbocycles. The zero-order valence-corrected chi connectivity index (χ0v) is 19.5. The van der Waals surface area contributed by atoms with Crippen molar-refractivity contribution in [3.63, 3.8) is 0 Å². The van der Waals surface area contributed by atoms with Crippen molar-refractivity contribution in [2.24, 2.45) is 0 Å². The van der Waals surface area contributed by atoms with Crippen LogP contribution in [0.2, 0.25) is 15.1 Å². The summed E-state index contributed by atoms with van der Waals surface area (Å²) in [7, 11) is 3.02. The second kappa shape index (κ2) is 10.7. The first-order valence-electron chi connectivity index (χ1n) is 9.41. The van der Waals surface area contributed by atoms with E-state index in [0.29, 0.717) is 50.1 Å². The summed E-state index contributed by atoms with van der Waals surface area (Å²) < 4.78 is 16.6. The normalized spacial score (nSPS) is 10.5. The SMILES string of the molecule is COc1ccc(C(=O)O)cc1NCc1cc(Cl)c(OCc2c(Cl)cccc2Cl)c(OC)c1. The van der Waals surface area contributed by atoms with E-state index in [1.54, 1.807) is 36.4 Å². The van der Waals surface area contributed by atoms with Gasteiger partial charge < -0.3 is 24.6 Å². The largest absolute Gasteiger partial charge is 0.495 e. The third kappa shape index (κ3) is 5.51. The number of halogens is 3. The lowest BCUT2D eigenvalue weighted by molar-refractivity contribution is 0.0697. The Morgan fingerprint density at radius 2 is 1.62 bits per heavy atom. The van der Waals surface area contributed by atoms with Crippen LogP contribution in [0, 0.1) is 0 Å². The van der Waals surface area contributed by atoms with Crippen LogP contribution in [0.3, 0.4) is 0 Å². The Morgan fingerprint density at radius 1 is 0.938 bits per heavy atom. The second-order valence-corrected chi connectivity index (χ2v) is 7.89. The number of hydrogen-bond donors (Lipinski definition) is 2. The van der Waals surface area contributed by atoms with E-state index in [1.165, 1.54) is 26.4 Å². The Hall–Kier alpha value is -2.80. The highest BCUT2D eigenvalue weighted by Crippen LogP contribution is 2.38. The molecule has 3 rings (SSSR count). The number of anilines is 1. The van der Waals surface area contributed by atoms with Crippen LogP contribution in [-0.4, -0.2) is 25.3 Å². The summed E-state index contributed by atoms with van der Waals surface area (Å²) in [6.07, 6.45) is 0. The maximum Gasteiger partial charge on any atom is 0.335 e. The molecule has 0 fully saturated rings. The Bertz CT molecular complexity index is 1120. The lowest BCUT2D eigenvalue weighted by Crippen LogP contribution is -2.05. The number of benzene rings is 3. The van der Waals surface area contributed by atoms with Gasteiger partial charge in [0.15, 0.2) is 11.5 Å². The number of hydrogen-bond acceptors (Lipinski definition) is 5. The van der Waals surface area contributed by atoms with Gasteiger partial charge >= 0.3 is 5.97 Å². The Labute approximate surface area is 200 Å². The van der Waals surface area contributed by atoms with Crippen LogP contribution in [-0.2, 0) is 13.2 Å². The van der Waals surface area contributed by atoms with Crippen molar-refractivity contribution >= 4 is 46.5 Å². The molecule has 0 radical (unpaired) electrons. The average molecular weight is 497 g/mol. The van der Waals surface area contributed by atoms with Gasteiger partial charge in [-0.25, -0.2) is 4.79 Å². The van der Waals surface area contributed by atoms with Crippen LogP contribution in [0.15, 0.2) is 48.5 Å². The molecule has 3 aromatic carbocycles. The van der Waals surface area contributed by atoms with Gasteiger partial charge in [0.1, 0.15) is 12.4 Å². The molecule has 0 unspecified atom stereocenters. The van der Waals surface area contributed by atoms with Crippen molar-refractivity contribution in [3.8, 4) is 17.2 Å². The lowest BCUT2D eigenvalue weighted by Gasteiger charge is -2.16. The van der Waals surface area contributed by atoms with Crippen LogP contribution in [0.5, 0.6) is 17.2 Å². The van der Waals surface area contributed by atoms with E-state index >= 15 is 0 Å². The van der Waals surface area contributed by atoms with Gasteiger partial charge in [-0.05, 0) is 48.0 Å². The number of methoxy groups -OCH3 is 2. The van der Waals surface area contributed by atoms with Crippen molar-refractivity contribution in [3.05, 3.63) is 80.3 Å². The van der Waals surface area contributed by atoms with E-state index in [2.05, 4.69) is 5.32 Å². The highest BCUT2D eigenvalue weighted by atomic mass is 35.5. The fourth-order valence-corrected chi connectivity index (χ4v) is 3.80. The van der Waals surface area contributed by atoms with Crippen LogP contribution in [0.4, 0.5) is 5.69 Å². The van der Waals surface area contributed by atoms with E-state index in [-0.39, 0.29) is 12.2 Å². The minimum atomic E-state index is -1.03. The topological polar surface area (TPSA) is 77.0 Å². The first-order valence-corrected chi connectivity index (χ1v) is 10.5. The van der Waals surface area contributed by atoms with Crippen LogP contribution >= 0.6 is 34.8 Å². The Morgan fingerprint density at radius 3 is 2.25 bits per heavy atom. The number of aromatic carboxylic acids is 1. The van der Waals surface area contributed by atoms with Crippen LogP contribution in [0.25, 0.3) is 0 Å². The van der Waals surface area contributed by atoms with E-state index in [9.17, 15) is 9.90 Å². The molecular weight excluding hydrogens is 477 g/mol. The summed E-state index contributed by atoms with van der Waals surface area (Å²) in [5.41, 5.74) is 2.12. The second-order valence-electron chi connectivity index (χ2n) is 6.67. The van der Waals surface area contributed by atoms with Gasteiger partial charge in [0.2, 0.25) is 0 Å². The van der Waals surface area contributed by atoms with Crippen molar-refractivity contribution in [1.82, 2.24) is 0 Å². The van der Waals surface area contributed by atoms with Crippen molar-refractivity contribution in [2.75, 3.05) is 19.5 Å².